The molecule has 1 saturated carbocycles. The summed E-state index contributed by atoms with van der Waals surface area (Å²) in [5.41, 5.74) is 6.00. The van der Waals surface area contributed by atoms with Crippen molar-refractivity contribution in [3.05, 3.63) is 28.8 Å². The van der Waals surface area contributed by atoms with Crippen molar-refractivity contribution in [1.82, 2.24) is 0 Å². The Morgan fingerprint density at radius 2 is 2.25 bits per heavy atom. The van der Waals surface area contributed by atoms with Gasteiger partial charge in [0.05, 0.1) is 11.6 Å². The van der Waals surface area contributed by atoms with Gasteiger partial charge in [-0.3, -0.25) is 5.41 Å². The summed E-state index contributed by atoms with van der Waals surface area (Å²) < 4.78 is 5.63. The first-order chi connectivity index (χ1) is 7.66. The van der Waals surface area contributed by atoms with Crippen LogP contribution in [0.15, 0.2) is 18.2 Å². The summed E-state index contributed by atoms with van der Waals surface area (Å²) in [7, 11) is 0. The highest BCUT2D eigenvalue weighted by Gasteiger charge is 2.18. The lowest BCUT2D eigenvalue weighted by atomic mass is 9.86. The van der Waals surface area contributed by atoms with Crippen LogP contribution in [0.25, 0.3) is 0 Å². The molecular formula is C12H15ClN2O. The molecule has 0 aliphatic heterocycles. The van der Waals surface area contributed by atoms with Crippen molar-refractivity contribution >= 4 is 17.4 Å². The number of amidine groups is 1. The number of rotatable bonds is 4. The molecule has 1 aromatic carbocycles. The van der Waals surface area contributed by atoms with E-state index in [2.05, 4.69) is 0 Å². The lowest BCUT2D eigenvalue weighted by molar-refractivity contribution is 0.180. The first-order valence-electron chi connectivity index (χ1n) is 5.43. The molecule has 0 spiro atoms. The molecule has 1 aromatic rings. The van der Waals surface area contributed by atoms with Gasteiger partial charge < -0.3 is 10.5 Å². The third kappa shape index (κ3) is 2.47. The van der Waals surface area contributed by atoms with Gasteiger partial charge in [-0.15, -0.1) is 0 Å². The van der Waals surface area contributed by atoms with Crippen molar-refractivity contribution < 1.29 is 4.74 Å². The molecule has 16 heavy (non-hydrogen) atoms. The smallest absolute Gasteiger partial charge is 0.137 e. The molecule has 1 fully saturated rings. The Morgan fingerprint density at radius 1 is 1.50 bits per heavy atom. The predicted octanol–water partition coefficient (Wildman–Crippen LogP) is 2.80. The van der Waals surface area contributed by atoms with E-state index in [-0.39, 0.29) is 5.84 Å². The lowest BCUT2D eigenvalue weighted by Crippen LogP contribution is -2.19. The second-order valence-corrected chi connectivity index (χ2v) is 4.57. The molecule has 2 rings (SSSR count). The zero-order valence-electron chi connectivity index (χ0n) is 9.00. The minimum atomic E-state index is 0.0208. The van der Waals surface area contributed by atoms with Crippen molar-refractivity contribution in [2.24, 2.45) is 11.7 Å². The molecule has 1 aliphatic carbocycles. The summed E-state index contributed by atoms with van der Waals surface area (Å²) in [6, 6.07) is 5.20. The minimum Gasteiger partial charge on any atom is -0.492 e. The Labute approximate surface area is 100 Å². The molecule has 0 unspecified atom stereocenters. The summed E-state index contributed by atoms with van der Waals surface area (Å²) in [5, 5.41) is 7.81. The van der Waals surface area contributed by atoms with Crippen LogP contribution in [-0.2, 0) is 0 Å². The van der Waals surface area contributed by atoms with Crippen LogP contribution in [0.5, 0.6) is 5.75 Å². The Hall–Kier alpha value is -1.22. The second-order valence-electron chi connectivity index (χ2n) is 4.17. The highest BCUT2D eigenvalue weighted by molar-refractivity contribution is 6.32. The van der Waals surface area contributed by atoms with E-state index in [1.165, 1.54) is 19.3 Å². The molecule has 0 atom stereocenters. The van der Waals surface area contributed by atoms with Crippen LogP contribution in [0.1, 0.15) is 24.8 Å². The monoisotopic (exact) mass is 238 g/mol. The molecule has 4 heteroatoms. The predicted molar refractivity (Wildman–Crippen MR) is 65.3 cm³/mol. The number of hydrogen-bond donors (Lipinski definition) is 2. The fraction of sp³-hybridized carbons (Fsp3) is 0.417. The molecule has 1 aliphatic rings. The van der Waals surface area contributed by atoms with E-state index in [9.17, 15) is 0 Å². The molecule has 0 amide bonds. The highest BCUT2D eigenvalue weighted by atomic mass is 35.5. The average molecular weight is 239 g/mol. The fourth-order valence-corrected chi connectivity index (χ4v) is 1.89. The van der Waals surface area contributed by atoms with Crippen molar-refractivity contribution in [3.8, 4) is 5.75 Å². The molecule has 3 N–H and O–H groups in total. The van der Waals surface area contributed by atoms with Gasteiger partial charge in [0, 0.05) is 5.56 Å². The van der Waals surface area contributed by atoms with Crippen LogP contribution in [-0.4, -0.2) is 12.4 Å². The minimum absolute atomic E-state index is 0.0208. The topological polar surface area (TPSA) is 59.1 Å². The summed E-state index contributed by atoms with van der Waals surface area (Å²) in [6.45, 7) is 0.735. The first kappa shape index (κ1) is 11.3. The Balaban J connectivity index is 2.00. The summed E-state index contributed by atoms with van der Waals surface area (Å²) >= 11 is 6.04. The zero-order chi connectivity index (χ0) is 11.5. The van der Waals surface area contributed by atoms with E-state index in [0.717, 1.165) is 6.61 Å². The first-order valence-corrected chi connectivity index (χ1v) is 5.81. The quantitative estimate of drug-likeness (QED) is 0.626. The number of nitrogens with two attached hydrogens (primary N) is 1. The number of nitrogen functional groups attached to an aromatic ring is 1. The maximum Gasteiger partial charge on any atom is 0.137 e. The zero-order valence-corrected chi connectivity index (χ0v) is 9.76. The van der Waals surface area contributed by atoms with Crippen LogP contribution >= 0.6 is 11.6 Å². The van der Waals surface area contributed by atoms with Crippen LogP contribution in [0.2, 0.25) is 5.02 Å². The largest absolute Gasteiger partial charge is 0.492 e. The lowest BCUT2D eigenvalue weighted by Gasteiger charge is -2.25. The van der Waals surface area contributed by atoms with Crippen molar-refractivity contribution in [2.75, 3.05) is 6.61 Å². The number of ether oxygens (including phenoxy) is 1. The van der Waals surface area contributed by atoms with Crippen LogP contribution in [0.3, 0.4) is 0 Å². The van der Waals surface area contributed by atoms with Crippen molar-refractivity contribution in [3.63, 3.8) is 0 Å². The fourth-order valence-electron chi connectivity index (χ4n) is 1.65. The third-order valence-corrected chi connectivity index (χ3v) is 3.24. The van der Waals surface area contributed by atoms with E-state index < -0.39 is 0 Å². The van der Waals surface area contributed by atoms with E-state index in [4.69, 9.17) is 27.5 Å². The molecule has 0 saturated heterocycles. The number of hydrogen-bond acceptors (Lipinski definition) is 2. The van der Waals surface area contributed by atoms with E-state index in [1.807, 2.05) is 0 Å². The molecular weight excluding hydrogens is 224 g/mol. The molecule has 86 valence electrons. The molecule has 3 nitrogen and oxygen atoms in total. The Morgan fingerprint density at radius 3 is 2.75 bits per heavy atom. The van der Waals surface area contributed by atoms with Crippen molar-refractivity contribution in [1.29, 1.82) is 5.41 Å². The van der Waals surface area contributed by atoms with Gasteiger partial charge in [-0.25, -0.2) is 0 Å². The van der Waals surface area contributed by atoms with Crippen LogP contribution in [0.4, 0.5) is 0 Å². The van der Waals surface area contributed by atoms with Crippen LogP contribution in [0, 0.1) is 11.3 Å². The van der Waals surface area contributed by atoms with Gasteiger partial charge in [0.25, 0.3) is 0 Å². The standard InChI is InChI=1S/C12H15ClN2O/c13-10-6-9(12(14)15)4-5-11(10)16-7-8-2-1-3-8/h4-6,8H,1-3,7H2,(H3,14,15). The van der Waals surface area contributed by atoms with Gasteiger partial charge in [-0.05, 0) is 37.0 Å². The average Bonchev–Trinajstić information content (AvgIpc) is 2.17. The summed E-state index contributed by atoms with van der Waals surface area (Å²) in [6.07, 6.45) is 3.82. The molecule has 0 bridgehead atoms. The van der Waals surface area contributed by atoms with Gasteiger partial charge in [-0.2, -0.15) is 0 Å². The van der Waals surface area contributed by atoms with Gasteiger partial charge in [0.2, 0.25) is 0 Å². The summed E-state index contributed by atoms with van der Waals surface area (Å²) in [4.78, 5) is 0. The van der Waals surface area contributed by atoms with E-state index >= 15 is 0 Å². The highest BCUT2D eigenvalue weighted by Crippen LogP contribution is 2.30. The maximum absolute atomic E-state index is 7.29. The number of nitrogens with one attached hydrogen (secondary N) is 1. The van der Waals surface area contributed by atoms with Gasteiger partial charge in [0.1, 0.15) is 11.6 Å². The van der Waals surface area contributed by atoms with Crippen molar-refractivity contribution in [2.45, 2.75) is 19.3 Å². The second kappa shape index (κ2) is 4.74. The Bertz CT molecular complexity index is 402. The van der Waals surface area contributed by atoms with Crippen LogP contribution < -0.4 is 10.5 Å². The number of halogens is 1. The molecule has 0 aromatic heterocycles. The van der Waals surface area contributed by atoms with Gasteiger partial charge in [-0.1, -0.05) is 18.0 Å². The maximum atomic E-state index is 7.29. The van der Waals surface area contributed by atoms with Gasteiger partial charge in [0.15, 0.2) is 0 Å². The summed E-state index contributed by atoms with van der Waals surface area (Å²) in [5.74, 6) is 1.38. The SMILES string of the molecule is N=C(N)c1ccc(OCC2CCC2)c(Cl)c1. The van der Waals surface area contributed by atoms with E-state index in [0.29, 0.717) is 22.3 Å². The Kier molecular flexibility index (Phi) is 3.34. The normalized spacial score (nSPS) is 15.6. The third-order valence-electron chi connectivity index (χ3n) is 2.94. The van der Waals surface area contributed by atoms with E-state index in [1.54, 1.807) is 18.2 Å². The molecule has 0 heterocycles. The number of benzene rings is 1. The molecule has 0 radical (unpaired) electrons. The van der Waals surface area contributed by atoms with Gasteiger partial charge >= 0.3 is 0 Å².